The van der Waals surface area contributed by atoms with Crippen molar-refractivity contribution in [2.45, 2.75) is 30.9 Å². The van der Waals surface area contributed by atoms with Gasteiger partial charge in [-0.2, -0.15) is 0 Å². The summed E-state index contributed by atoms with van der Waals surface area (Å²) in [5.41, 5.74) is 1.18. The Morgan fingerprint density at radius 3 is 2.60 bits per heavy atom. The fourth-order valence-corrected chi connectivity index (χ4v) is 1.39. The van der Waals surface area contributed by atoms with Crippen LogP contribution in [0.4, 0.5) is 0 Å². The molecular weight excluding hydrogens is 256 g/mol. The second-order valence-electron chi connectivity index (χ2n) is 3.58. The zero-order valence-electron chi connectivity index (χ0n) is 8.90. The molecule has 0 amide bonds. The maximum absolute atomic E-state index is 9.23. The highest BCUT2D eigenvalue weighted by molar-refractivity contribution is 9.09. The van der Waals surface area contributed by atoms with Crippen molar-refractivity contribution in [1.29, 1.82) is 0 Å². The molecule has 1 aromatic rings. The first-order valence-corrected chi connectivity index (χ1v) is 6.05. The molecule has 0 aliphatic rings. The van der Waals surface area contributed by atoms with Crippen molar-refractivity contribution in [2.75, 3.05) is 6.61 Å². The number of benzene rings is 1. The van der Waals surface area contributed by atoms with E-state index in [1.54, 1.807) is 6.92 Å². The average Bonchev–Trinajstić information content (AvgIpc) is 2.25. The zero-order chi connectivity index (χ0) is 11.1. The monoisotopic (exact) mass is 272 g/mol. The van der Waals surface area contributed by atoms with E-state index in [1.165, 1.54) is 5.56 Å². The lowest BCUT2D eigenvalue weighted by atomic mass is 10.2. The summed E-state index contributed by atoms with van der Waals surface area (Å²) in [6.07, 6.45) is 0.496. The third-order valence-corrected chi connectivity index (χ3v) is 3.40. The van der Waals surface area contributed by atoms with Crippen molar-refractivity contribution < 1.29 is 9.84 Å². The Labute approximate surface area is 99.4 Å². The molecule has 0 saturated carbocycles. The van der Waals surface area contributed by atoms with Crippen molar-refractivity contribution >= 4 is 15.9 Å². The first-order valence-electron chi connectivity index (χ1n) is 5.14. The van der Waals surface area contributed by atoms with Gasteiger partial charge in [-0.3, -0.25) is 0 Å². The second-order valence-corrected chi connectivity index (χ2v) is 4.76. The fraction of sp³-hybridized carbons (Fsp3) is 0.500. The average molecular weight is 273 g/mol. The number of aliphatic hydroxyl groups is 1. The molecule has 1 N–H and O–H groups in total. The number of aliphatic hydroxyl groups excluding tert-OH is 1. The molecule has 2 atom stereocenters. The molecule has 0 bridgehead atoms. The molecule has 84 valence electrons. The van der Waals surface area contributed by atoms with E-state index in [9.17, 15) is 5.11 Å². The minimum absolute atomic E-state index is 0.119. The van der Waals surface area contributed by atoms with E-state index in [-0.39, 0.29) is 10.9 Å². The van der Waals surface area contributed by atoms with Crippen LogP contribution in [0.1, 0.15) is 18.9 Å². The highest BCUT2D eigenvalue weighted by Crippen LogP contribution is 2.10. The summed E-state index contributed by atoms with van der Waals surface area (Å²) >= 11 is 3.40. The molecule has 0 spiro atoms. The fourth-order valence-electron chi connectivity index (χ4n) is 1.20. The first kappa shape index (κ1) is 12.7. The minimum atomic E-state index is -0.328. The topological polar surface area (TPSA) is 29.5 Å². The summed E-state index contributed by atoms with van der Waals surface area (Å²) in [6.45, 7) is 3.08. The zero-order valence-corrected chi connectivity index (χ0v) is 10.5. The van der Waals surface area contributed by atoms with Crippen molar-refractivity contribution in [3.8, 4) is 0 Å². The van der Waals surface area contributed by atoms with Gasteiger partial charge in [0.15, 0.2) is 0 Å². The summed E-state index contributed by atoms with van der Waals surface area (Å²) in [5, 5.41) is 9.23. The molecule has 0 aromatic heterocycles. The quantitative estimate of drug-likeness (QED) is 0.638. The third kappa shape index (κ3) is 5.30. The van der Waals surface area contributed by atoms with Crippen LogP contribution in [-0.2, 0) is 11.3 Å². The largest absolute Gasteiger partial charge is 0.392 e. The molecule has 0 aliphatic heterocycles. The maximum atomic E-state index is 9.23. The van der Waals surface area contributed by atoms with Gasteiger partial charge in [0.25, 0.3) is 0 Å². The van der Waals surface area contributed by atoms with Crippen LogP contribution < -0.4 is 0 Å². The van der Waals surface area contributed by atoms with Crippen LogP contribution in [0.2, 0.25) is 0 Å². The van der Waals surface area contributed by atoms with Crippen LogP contribution in [0.15, 0.2) is 30.3 Å². The van der Waals surface area contributed by atoms with Crippen LogP contribution >= 0.6 is 15.9 Å². The molecule has 3 heteroatoms. The third-order valence-electron chi connectivity index (χ3n) is 2.17. The lowest BCUT2D eigenvalue weighted by molar-refractivity contribution is 0.105. The van der Waals surface area contributed by atoms with Gasteiger partial charge in [0.05, 0.1) is 12.7 Å². The highest BCUT2D eigenvalue weighted by Gasteiger charge is 2.09. The van der Waals surface area contributed by atoms with Gasteiger partial charge in [-0.15, -0.1) is 0 Å². The molecule has 15 heavy (non-hydrogen) atoms. The number of rotatable bonds is 6. The Balaban J connectivity index is 2.12. The van der Waals surface area contributed by atoms with Crippen LogP contribution in [0.25, 0.3) is 0 Å². The predicted molar refractivity (Wildman–Crippen MR) is 65.1 cm³/mol. The van der Waals surface area contributed by atoms with Crippen LogP contribution in [0, 0.1) is 0 Å². The molecule has 2 nitrogen and oxygen atoms in total. The lowest BCUT2D eigenvalue weighted by Crippen LogP contribution is -2.17. The normalized spacial score (nSPS) is 14.9. The lowest BCUT2D eigenvalue weighted by Gasteiger charge is -2.12. The standard InChI is InChI=1S/C12H17BrO2/c1-10(14)12(13)7-8-15-9-11-5-3-2-4-6-11/h2-6,10,12,14H,7-9H2,1H3. The van der Waals surface area contributed by atoms with Crippen LogP contribution in [-0.4, -0.2) is 22.6 Å². The van der Waals surface area contributed by atoms with Crippen molar-refractivity contribution in [2.24, 2.45) is 0 Å². The summed E-state index contributed by atoms with van der Waals surface area (Å²) in [7, 11) is 0. The van der Waals surface area contributed by atoms with Gasteiger partial charge in [0.2, 0.25) is 0 Å². The van der Waals surface area contributed by atoms with Gasteiger partial charge in [0.1, 0.15) is 0 Å². The van der Waals surface area contributed by atoms with Gasteiger partial charge in [-0.1, -0.05) is 46.3 Å². The SMILES string of the molecule is CC(O)C(Br)CCOCc1ccccc1. The van der Waals surface area contributed by atoms with Gasteiger partial charge >= 0.3 is 0 Å². The molecule has 0 aliphatic carbocycles. The van der Waals surface area contributed by atoms with E-state index in [0.717, 1.165) is 6.42 Å². The summed E-state index contributed by atoms with van der Waals surface area (Å²) in [5.74, 6) is 0. The molecule has 0 radical (unpaired) electrons. The van der Waals surface area contributed by atoms with Crippen LogP contribution in [0.5, 0.6) is 0 Å². The van der Waals surface area contributed by atoms with Crippen molar-refractivity contribution in [3.63, 3.8) is 0 Å². The Bertz CT molecular complexity index is 262. The first-order chi connectivity index (χ1) is 7.20. The number of halogens is 1. The van der Waals surface area contributed by atoms with Crippen LogP contribution in [0.3, 0.4) is 0 Å². The molecule has 2 unspecified atom stereocenters. The van der Waals surface area contributed by atoms with Gasteiger partial charge in [-0.25, -0.2) is 0 Å². The van der Waals surface area contributed by atoms with E-state index >= 15 is 0 Å². The van der Waals surface area contributed by atoms with Crippen molar-refractivity contribution in [1.82, 2.24) is 0 Å². The second kappa shape index (κ2) is 6.99. The number of ether oxygens (including phenoxy) is 1. The van der Waals surface area contributed by atoms with E-state index in [0.29, 0.717) is 13.2 Å². The van der Waals surface area contributed by atoms with Gasteiger partial charge in [0, 0.05) is 11.4 Å². The predicted octanol–water partition coefficient (Wildman–Crippen LogP) is 2.74. The van der Waals surface area contributed by atoms with E-state index < -0.39 is 0 Å². The molecule has 0 fully saturated rings. The minimum Gasteiger partial charge on any atom is -0.392 e. The number of alkyl halides is 1. The summed E-state index contributed by atoms with van der Waals surface area (Å²) < 4.78 is 5.50. The summed E-state index contributed by atoms with van der Waals surface area (Å²) in [6, 6.07) is 10.1. The van der Waals surface area contributed by atoms with E-state index in [1.807, 2.05) is 30.3 Å². The Morgan fingerprint density at radius 2 is 2.00 bits per heavy atom. The molecule has 0 heterocycles. The highest BCUT2D eigenvalue weighted by atomic mass is 79.9. The maximum Gasteiger partial charge on any atom is 0.0716 e. The Hall–Kier alpha value is -0.380. The Morgan fingerprint density at radius 1 is 1.33 bits per heavy atom. The van der Waals surface area contributed by atoms with Crippen molar-refractivity contribution in [3.05, 3.63) is 35.9 Å². The summed E-state index contributed by atoms with van der Waals surface area (Å²) in [4.78, 5) is 0.119. The van der Waals surface area contributed by atoms with E-state index in [4.69, 9.17) is 4.74 Å². The molecule has 1 rings (SSSR count). The smallest absolute Gasteiger partial charge is 0.0716 e. The molecule has 1 aromatic carbocycles. The van der Waals surface area contributed by atoms with E-state index in [2.05, 4.69) is 15.9 Å². The molecule has 0 saturated heterocycles. The Kier molecular flexibility index (Phi) is 5.91. The van der Waals surface area contributed by atoms with Gasteiger partial charge < -0.3 is 9.84 Å². The van der Waals surface area contributed by atoms with Gasteiger partial charge in [-0.05, 0) is 18.9 Å². The number of hydrogen-bond donors (Lipinski definition) is 1. The number of hydrogen-bond acceptors (Lipinski definition) is 2. The molecular formula is C12H17BrO2.